The van der Waals surface area contributed by atoms with Gasteiger partial charge in [0.05, 0.1) is 10.7 Å². The number of nitrogens with one attached hydrogen (secondary N) is 1. The molecule has 92 valence electrons. The summed E-state index contributed by atoms with van der Waals surface area (Å²) in [7, 11) is 0. The van der Waals surface area contributed by atoms with Crippen LogP contribution in [-0.4, -0.2) is 24.0 Å². The number of halogens is 1. The second-order valence-electron chi connectivity index (χ2n) is 4.46. The van der Waals surface area contributed by atoms with Crippen molar-refractivity contribution < 1.29 is 4.79 Å². The van der Waals surface area contributed by atoms with Gasteiger partial charge >= 0.3 is 6.03 Å². The number of carbonyl (C=O) groups is 1. The number of hydrogen-bond donors (Lipinski definition) is 1. The maximum absolute atomic E-state index is 12.0. The van der Waals surface area contributed by atoms with E-state index in [0.717, 1.165) is 31.5 Å². The zero-order chi connectivity index (χ0) is 12.3. The number of likely N-dealkylation sites (tertiary alicyclic amines) is 1. The van der Waals surface area contributed by atoms with E-state index in [0.29, 0.717) is 10.7 Å². The molecule has 0 radical (unpaired) electrons. The molecule has 0 aromatic heterocycles. The Morgan fingerprint density at radius 1 is 1.29 bits per heavy atom. The number of urea groups is 1. The maximum Gasteiger partial charge on any atom is 0.321 e. The first-order valence-electron chi connectivity index (χ1n) is 5.99. The molecule has 17 heavy (non-hydrogen) atoms. The summed E-state index contributed by atoms with van der Waals surface area (Å²) in [5.41, 5.74) is 1.78. The van der Waals surface area contributed by atoms with Crippen LogP contribution in [-0.2, 0) is 0 Å². The number of amides is 2. The van der Waals surface area contributed by atoms with E-state index in [2.05, 4.69) is 5.32 Å². The molecule has 1 N–H and O–H groups in total. The molecule has 0 unspecified atom stereocenters. The van der Waals surface area contributed by atoms with Crippen LogP contribution in [0.25, 0.3) is 0 Å². The van der Waals surface area contributed by atoms with Gasteiger partial charge in [-0.3, -0.25) is 0 Å². The minimum atomic E-state index is -0.0459. The van der Waals surface area contributed by atoms with Crippen LogP contribution in [0.2, 0.25) is 5.02 Å². The Morgan fingerprint density at radius 3 is 2.65 bits per heavy atom. The molecule has 2 amide bonds. The van der Waals surface area contributed by atoms with Gasteiger partial charge in [-0.05, 0) is 43.9 Å². The van der Waals surface area contributed by atoms with Gasteiger partial charge in [-0.15, -0.1) is 0 Å². The highest BCUT2D eigenvalue weighted by atomic mass is 35.5. The molecule has 2 rings (SSSR count). The minimum Gasteiger partial charge on any atom is -0.325 e. The van der Waals surface area contributed by atoms with Crippen LogP contribution < -0.4 is 5.32 Å². The molecule has 1 aromatic carbocycles. The third-order valence-corrected chi connectivity index (χ3v) is 3.32. The highest BCUT2D eigenvalue weighted by molar-refractivity contribution is 6.33. The smallest absolute Gasteiger partial charge is 0.321 e. The van der Waals surface area contributed by atoms with Crippen molar-refractivity contribution in [3.05, 3.63) is 28.8 Å². The summed E-state index contributed by atoms with van der Waals surface area (Å²) in [6, 6.07) is 5.60. The van der Waals surface area contributed by atoms with Gasteiger partial charge in [-0.25, -0.2) is 4.79 Å². The Balaban J connectivity index is 2.02. The maximum atomic E-state index is 12.0. The molecule has 3 nitrogen and oxygen atoms in total. The standard InChI is InChI=1S/C13H17ClN2O/c1-10-5-6-12(11(14)9-10)15-13(17)16-7-3-2-4-8-16/h5-6,9H,2-4,7-8H2,1H3,(H,15,17). The van der Waals surface area contributed by atoms with Crippen LogP contribution in [0.5, 0.6) is 0 Å². The fraction of sp³-hybridized carbons (Fsp3) is 0.462. The lowest BCUT2D eigenvalue weighted by atomic mass is 10.1. The van der Waals surface area contributed by atoms with Crippen molar-refractivity contribution >= 4 is 23.3 Å². The third kappa shape index (κ3) is 3.13. The SMILES string of the molecule is Cc1ccc(NC(=O)N2CCCCC2)c(Cl)c1. The molecule has 0 spiro atoms. The lowest BCUT2D eigenvalue weighted by Gasteiger charge is -2.27. The predicted octanol–water partition coefficient (Wildman–Crippen LogP) is 3.67. The molecule has 4 heteroatoms. The molecule has 0 bridgehead atoms. The van der Waals surface area contributed by atoms with E-state index in [1.54, 1.807) is 0 Å². The van der Waals surface area contributed by atoms with Crippen LogP contribution in [0.4, 0.5) is 10.5 Å². The largest absolute Gasteiger partial charge is 0.325 e. The van der Waals surface area contributed by atoms with Gasteiger partial charge < -0.3 is 10.2 Å². The number of benzene rings is 1. The van der Waals surface area contributed by atoms with Gasteiger partial charge in [0.15, 0.2) is 0 Å². The van der Waals surface area contributed by atoms with Crippen molar-refractivity contribution in [3.63, 3.8) is 0 Å². The monoisotopic (exact) mass is 252 g/mol. The van der Waals surface area contributed by atoms with Gasteiger partial charge in [-0.1, -0.05) is 17.7 Å². The number of anilines is 1. The first-order valence-corrected chi connectivity index (χ1v) is 6.37. The summed E-state index contributed by atoms with van der Waals surface area (Å²) in [6.45, 7) is 3.66. The average molecular weight is 253 g/mol. The first-order chi connectivity index (χ1) is 8.16. The van der Waals surface area contributed by atoms with Crippen molar-refractivity contribution in [2.45, 2.75) is 26.2 Å². The first kappa shape index (κ1) is 12.2. The molecule has 1 heterocycles. The molecule has 1 fully saturated rings. The summed E-state index contributed by atoms with van der Waals surface area (Å²) >= 11 is 6.08. The minimum absolute atomic E-state index is 0.0459. The van der Waals surface area contributed by atoms with Crippen molar-refractivity contribution in [2.75, 3.05) is 18.4 Å². The van der Waals surface area contributed by atoms with Gasteiger partial charge in [0.1, 0.15) is 0 Å². The molecule has 1 saturated heterocycles. The van der Waals surface area contributed by atoms with Crippen molar-refractivity contribution in [2.24, 2.45) is 0 Å². The zero-order valence-electron chi connectivity index (χ0n) is 10.0. The van der Waals surface area contributed by atoms with Crippen LogP contribution in [0, 0.1) is 6.92 Å². The second kappa shape index (κ2) is 5.41. The number of carbonyl (C=O) groups excluding carboxylic acids is 1. The molecule has 1 aliphatic heterocycles. The van der Waals surface area contributed by atoms with Crippen LogP contribution >= 0.6 is 11.6 Å². The quantitative estimate of drug-likeness (QED) is 0.813. The summed E-state index contributed by atoms with van der Waals surface area (Å²) in [6.07, 6.45) is 3.40. The van der Waals surface area contributed by atoms with Crippen LogP contribution in [0.3, 0.4) is 0 Å². The molecule has 0 aliphatic carbocycles. The average Bonchev–Trinajstić information content (AvgIpc) is 2.34. The van der Waals surface area contributed by atoms with Crippen molar-refractivity contribution in [3.8, 4) is 0 Å². The summed E-state index contributed by atoms with van der Waals surface area (Å²) in [4.78, 5) is 13.8. The normalized spacial score (nSPS) is 15.8. The molecule has 1 aromatic rings. The number of rotatable bonds is 1. The van der Waals surface area contributed by atoms with E-state index in [1.807, 2.05) is 30.0 Å². The number of piperidine rings is 1. The highest BCUT2D eigenvalue weighted by Crippen LogP contribution is 2.23. The molecular weight excluding hydrogens is 236 g/mol. The van der Waals surface area contributed by atoms with E-state index in [4.69, 9.17) is 11.6 Å². The molecule has 0 saturated carbocycles. The van der Waals surface area contributed by atoms with Gasteiger partial charge in [0.25, 0.3) is 0 Å². The fourth-order valence-electron chi connectivity index (χ4n) is 2.01. The van der Waals surface area contributed by atoms with Crippen LogP contribution in [0.15, 0.2) is 18.2 Å². The fourth-order valence-corrected chi connectivity index (χ4v) is 2.30. The van der Waals surface area contributed by atoms with E-state index in [9.17, 15) is 4.79 Å². The summed E-state index contributed by atoms with van der Waals surface area (Å²) < 4.78 is 0. The third-order valence-electron chi connectivity index (χ3n) is 3.01. The predicted molar refractivity (Wildman–Crippen MR) is 70.6 cm³/mol. The van der Waals surface area contributed by atoms with E-state index >= 15 is 0 Å². The van der Waals surface area contributed by atoms with Gasteiger partial charge in [0, 0.05) is 13.1 Å². The van der Waals surface area contributed by atoms with E-state index in [-0.39, 0.29) is 6.03 Å². The topological polar surface area (TPSA) is 32.3 Å². The Kier molecular flexibility index (Phi) is 3.89. The zero-order valence-corrected chi connectivity index (χ0v) is 10.8. The summed E-state index contributed by atoms with van der Waals surface area (Å²) in [5.74, 6) is 0. The number of aryl methyl sites for hydroxylation is 1. The summed E-state index contributed by atoms with van der Waals surface area (Å²) in [5, 5.41) is 3.46. The lowest BCUT2D eigenvalue weighted by molar-refractivity contribution is 0.200. The van der Waals surface area contributed by atoms with E-state index < -0.39 is 0 Å². The molecular formula is C13H17ClN2O. The van der Waals surface area contributed by atoms with E-state index in [1.165, 1.54) is 6.42 Å². The van der Waals surface area contributed by atoms with Crippen molar-refractivity contribution in [1.82, 2.24) is 4.90 Å². The lowest BCUT2D eigenvalue weighted by Crippen LogP contribution is -2.38. The Morgan fingerprint density at radius 2 is 2.00 bits per heavy atom. The Bertz CT molecular complexity index is 414. The van der Waals surface area contributed by atoms with Crippen LogP contribution in [0.1, 0.15) is 24.8 Å². The Labute approximate surface area is 107 Å². The van der Waals surface area contributed by atoms with Crippen molar-refractivity contribution in [1.29, 1.82) is 0 Å². The molecule has 1 aliphatic rings. The van der Waals surface area contributed by atoms with Gasteiger partial charge in [-0.2, -0.15) is 0 Å². The highest BCUT2D eigenvalue weighted by Gasteiger charge is 2.16. The number of nitrogens with zero attached hydrogens (tertiary/aromatic N) is 1. The second-order valence-corrected chi connectivity index (χ2v) is 4.87. The van der Waals surface area contributed by atoms with Gasteiger partial charge in [0.2, 0.25) is 0 Å². The number of hydrogen-bond acceptors (Lipinski definition) is 1. The molecule has 0 atom stereocenters. The Hall–Kier alpha value is -1.22.